The van der Waals surface area contributed by atoms with Gasteiger partial charge >= 0.3 is 6.03 Å². The topological polar surface area (TPSA) is 74.2 Å². The number of carbonyl (C=O) groups excluding carboxylic acids is 1. The Kier molecular flexibility index (Phi) is 4.80. The highest BCUT2D eigenvalue weighted by Crippen LogP contribution is 2.24. The maximum absolute atomic E-state index is 12.0. The van der Waals surface area contributed by atoms with E-state index >= 15 is 0 Å². The normalized spacial score (nSPS) is 9.57. The van der Waals surface area contributed by atoms with E-state index in [2.05, 4.69) is 26.6 Å². The lowest BCUT2D eigenvalue weighted by Gasteiger charge is -2.11. The van der Waals surface area contributed by atoms with Crippen molar-refractivity contribution in [2.45, 2.75) is 0 Å². The largest absolute Gasteiger partial charge is 0.495 e. The van der Waals surface area contributed by atoms with E-state index in [0.29, 0.717) is 22.7 Å². The molecule has 2 rings (SSSR count). The zero-order valence-corrected chi connectivity index (χ0v) is 12.8. The molecule has 0 heterocycles. The molecule has 0 aliphatic heterocycles. The van der Waals surface area contributed by atoms with Crippen LogP contribution in [0.3, 0.4) is 0 Å². The van der Waals surface area contributed by atoms with Crippen LogP contribution in [0.5, 0.6) is 5.75 Å². The van der Waals surface area contributed by atoms with Crippen LogP contribution in [0.15, 0.2) is 46.9 Å². The second kappa shape index (κ2) is 6.77. The third kappa shape index (κ3) is 3.74. The van der Waals surface area contributed by atoms with Crippen LogP contribution >= 0.6 is 15.9 Å². The highest BCUT2D eigenvalue weighted by Gasteiger charge is 2.09. The second-order valence-electron chi connectivity index (χ2n) is 4.08. The van der Waals surface area contributed by atoms with Crippen molar-refractivity contribution in [1.29, 1.82) is 5.26 Å². The number of benzene rings is 2. The summed E-state index contributed by atoms with van der Waals surface area (Å²) in [5, 5.41) is 14.4. The van der Waals surface area contributed by atoms with Crippen molar-refractivity contribution in [3.05, 3.63) is 52.5 Å². The summed E-state index contributed by atoms with van der Waals surface area (Å²) < 4.78 is 5.93. The molecule has 0 atom stereocenters. The van der Waals surface area contributed by atoms with Crippen molar-refractivity contribution < 1.29 is 9.53 Å². The Morgan fingerprint density at radius 2 is 1.90 bits per heavy atom. The molecule has 0 aliphatic rings. The first kappa shape index (κ1) is 14.9. The molecule has 2 amide bonds. The standard InChI is InChI=1S/C15H12BrN3O2/c1-21-14-5-3-2-4-12(14)18-15(20)19-13-8-11(16)7-6-10(13)9-17/h2-8H,1H3,(H2,18,19,20). The number of nitrogens with zero attached hydrogens (tertiary/aromatic N) is 1. The number of para-hydroxylation sites is 2. The third-order valence-corrected chi connectivity index (χ3v) is 3.20. The van der Waals surface area contributed by atoms with E-state index in [-0.39, 0.29) is 0 Å². The Hall–Kier alpha value is -2.52. The van der Waals surface area contributed by atoms with Gasteiger partial charge in [-0.3, -0.25) is 0 Å². The lowest BCUT2D eigenvalue weighted by Crippen LogP contribution is -2.20. The SMILES string of the molecule is COc1ccccc1NC(=O)Nc1cc(Br)ccc1C#N. The molecule has 0 aliphatic carbocycles. The number of urea groups is 1. The molecule has 0 aromatic heterocycles. The predicted molar refractivity (Wildman–Crippen MR) is 84.5 cm³/mol. The van der Waals surface area contributed by atoms with Gasteiger partial charge in [0.15, 0.2) is 0 Å². The van der Waals surface area contributed by atoms with E-state index in [0.717, 1.165) is 4.47 Å². The van der Waals surface area contributed by atoms with E-state index in [1.165, 1.54) is 7.11 Å². The Morgan fingerprint density at radius 3 is 2.62 bits per heavy atom. The fourth-order valence-electron chi connectivity index (χ4n) is 1.74. The van der Waals surface area contributed by atoms with Crippen LogP contribution in [-0.4, -0.2) is 13.1 Å². The minimum absolute atomic E-state index is 0.383. The maximum Gasteiger partial charge on any atom is 0.323 e. The van der Waals surface area contributed by atoms with Gasteiger partial charge in [-0.2, -0.15) is 5.26 Å². The molecule has 0 unspecified atom stereocenters. The summed E-state index contributed by atoms with van der Waals surface area (Å²) in [5.41, 5.74) is 1.36. The molecule has 2 aromatic rings. The first-order valence-electron chi connectivity index (χ1n) is 6.04. The Bertz CT molecular complexity index is 710. The fourth-order valence-corrected chi connectivity index (χ4v) is 2.10. The summed E-state index contributed by atoms with van der Waals surface area (Å²) in [7, 11) is 1.53. The molecule has 0 spiro atoms. The molecule has 2 N–H and O–H groups in total. The number of carbonyl (C=O) groups is 1. The van der Waals surface area contributed by atoms with Crippen LogP contribution in [0.4, 0.5) is 16.2 Å². The molecule has 0 fully saturated rings. The zero-order valence-electron chi connectivity index (χ0n) is 11.2. The van der Waals surface area contributed by atoms with Gasteiger partial charge in [0.25, 0.3) is 0 Å². The highest BCUT2D eigenvalue weighted by molar-refractivity contribution is 9.10. The van der Waals surface area contributed by atoms with Gasteiger partial charge in [-0.05, 0) is 30.3 Å². The van der Waals surface area contributed by atoms with Crippen molar-refractivity contribution in [3.8, 4) is 11.8 Å². The van der Waals surface area contributed by atoms with Crippen molar-refractivity contribution in [1.82, 2.24) is 0 Å². The van der Waals surface area contributed by atoms with Gasteiger partial charge in [-0.1, -0.05) is 28.1 Å². The number of nitrogens with one attached hydrogen (secondary N) is 2. The van der Waals surface area contributed by atoms with Crippen LogP contribution in [0.25, 0.3) is 0 Å². The lowest BCUT2D eigenvalue weighted by molar-refractivity contribution is 0.262. The van der Waals surface area contributed by atoms with E-state index in [1.807, 2.05) is 12.1 Å². The number of methoxy groups -OCH3 is 1. The maximum atomic E-state index is 12.0. The smallest absolute Gasteiger partial charge is 0.323 e. The van der Waals surface area contributed by atoms with Gasteiger partial charge in [-0.25, -0.2) is 4.79 Å². The number of halogens is 1. The number of nitriles is 1. The molecular weight excluding hydrogens is 334 g/mol. The van der Waals surface area contributed by atoms with E-state index in [1.54, 1.807) is 36.4 Å². The first-order chi connectivity index (χ1) is 10.1. The van der Waals surface area contributed by atoms with Crippen molar-refractivity contribution in [3.63, 3.8) is 0 Å². The summed E-state index contributed by atoms with van der Waals surface area (Å²) in [5.74, 6) is 0.558. The fraction of sp³-hybridized carbons (Fsp3) is 0.0667. The Labute approximate surface area is 130 Å². The minimum atomic E-state index is -0.450. The minimum Gasteiger partial charge on any atom is -0.495 e. The molecule has 0 saturated heterocycles. The average molecular weight is 346 g/mol. The molecule has 0 bridgehead atoms. The lowest BCUT2D eigenvalue weighted by atomic mass is 10.2. The number of amides is 2. The van der Waals surface area contributed by atoms with Crippen LogP contribution in [0, 0.1) is 11.3 Å². The van der Waals surface area contributed by atoms with Crippen molar-refractivity contribution >= 4 is 33.3 Å². The summed E-state index contributed by atoms with van der Waals surface area (Å²) in [4.78, 5) is 12.0. The van der Waals surface area contributed by atoms with Crippen molar-refractivity contribution in [2.75, 3.05) is 17.7 Å². The van der Waals surface area contributed by atoms with Crippen molar-refractivity contribution in [2.24, 2.45) is 0 Å². The Balaban J connectivity index is 2.16. The summed E-state index contributed by atoms with van der Waals surface area (Å²) in [6.45, 7) is 0. The quantitative estimate of drug-likeness (QED) is 0.883. The molecule has 6 heteroatoms. The summed E-state index contributed by atoms with van der Waals surface area (Å²) in [6.07, 6.45) is 0. The van der Waals surface area contributed by atoms with Gasteiger partial charge in [-0.15, -0.1) is 0 Å². The predicted octanol–water partition coefficient (Wildman–Crippen LogP) is 3.97. The average Bonchev–Trinajstić information content (AvgIpc) is 2.48. The van der Waals surface area contributed by atoms with Crippen LogP contribution in [-0.2, 0) is 0 Å². The third-order valence-electron chi connectivity index (χ3n) is 2.71. The van der Waals surface area contributed by atoms with Gasteiger partial charge in [0.2, 0.25) is 0 Å². The number of rotatable bonds is 3. The van der Waals surface area contributed by atoms with E-state index < -0.39 is 6.03 Å². The molecule has 2 aromatic carbocycles. The zero-order chi connectivity index (χ0) is 15.2. The molecule has 106 valence electrons. The van der Waals surface area contributed by atoms with Crippen LogP contribution in [0.1, 0.15) is 5.56 Å². The number of hydrogen-bond acceptors (Lipinski definition) is 3. The number of hydrogen-bond donors (Lipinski definition) is 2. The highest BCUT2D eigenvalue weighted by atomic mass is 79.9. The molecular formula is C15H12BrN3O2. The molecule has 5 nitrogen and oxygen atoms in total. The Morgan fingerprint density at radius 1 is 1.19 bits per heavy atom. The summed E-state index contributed by atoms with van der Waals surface area (Å²) in [6, 6.07) is 13.7. The second-order valence-corrected chi connectivity index (χ2v) is 5.00. The van der Waals surface area contributed by atoms with Gasteiger partial charge < -0.3 is 15.4 Å². The molecule has 0 radical (unpaired) electrons. The van der Waals surface area contributed by atoms with Gasteiger partial charge in [0.05, 0.1) is 24.0 Å². The van der Waals surface area contributed by atoms with E-state index in [4.69, 9.17) is 10.00 Å². The number of anilines is 2. The van der Waals surface area contributed by atoms with Gasteiger partial charge in [0, 0.05) is 4.47 Å². The molecule has 0 saturated carbocycles. The molecule has 21 heavy (non-hydrogen) atoms. The van der Waals surface area contributed by atoms with Crippen LogP contribution < -0.4 is 15.4 Å². The van der Waals surface area contributed by atoms with E-state index in [9.17, 15) is 4.79 Å². The number of ether oxygens (including phenoxy) is 1. The van der Waals surface area contributed by atoms with Gasteiger partial charge in [0.1, 0.15) is 11.8 Å². The van der Waals surface area contributed by atoms with Crippen LogP contribution in [0.2, 0.25) is 0 Å². The summed E-state index contributed by atoms with van der Waals surface area (Å²) >= 11 is 3.30. The first-order valence-corrected chi connectivity index (χ1v) is 6.84. The monoisotopic (exact) mass is 345 g/mol.